The van der Waals surface area contributed by atoms with Crippen LogP contribution in [0.2, 0.25) is 0 Å². The van der Waals surface area contributed by atoms with Gasteiger partial charge in [0.25, 0.3) is 5.91 Å². The second kappa shape index (κ2) is 9.08. The van der Waals surface area contributed by atoms with Crippen LogP contribution >= 0.6 is 23.1 Å². The molecular formula is C20H21N3O3S3. The second-order valence-corrected chi connectivity index (χ2v) is 10.9. The summed E-state index contributed by atoms with van der Waals surface area (Å²) >= 11 is 3.05. The van der Waals surface area contributed by atoms with Crippen molar-refractivity contribution in [1.82, 2.24) is 9.29 Å². The summed E-state index contributed by atoms with van der Waals surface area (Å²) < 4.78 is 26.4. The Balaban J connectivity index is 1.87. The van der Waals surface area contributed by atoms with Crippen LogP contribution in [0.1, 0.15) is 17.3 Å². The van der Waals surface area contributed by atoms with Crippen molar-refractivity contribution in [1.29, 1.82) is 0 Å². The van der Waals surface area contributed by atoms with E-state index in [1.54, 1.807) is 11.8 Å². The first kappa shape index (κ1) is 21.5. The van der Waals surface area contributed by atoms with Crippen LogP contribution in [-0.4, -0.2) is 43.5 Å². The van der Waals surface area contributed by atoms with Gasteiger partial charge in [-0.15, -0.1) is 0 Å². The largest absolute Gasteiger partial charge is 0.312 e. The standard InChI is InChI=1S/C20H21N3O3S3/c1-4-27-20-21-17(14-8-6-5-7-9-14)19(28-20)22-18(24)15-10-12-16(13-11-15)29(25,26)23(2)3/h5-13H,4H2,1-3H3,(H,22,24). The molecule has 3 aromatic rings. The first-order chi connectivity index (χ1) is 13.8. The van der Waals surface area contributed by atoms with Gasteiger partial charge in [0.05, 0.1) is 4.90 Å². The van der Waals surface area contributed by atoms with Crippen LogP contribution in [0.15, 0.2) is 63.8 Å². The number of amides is 1. The van der Waals surface area contributed by atoms with Crippen molar-refractivity contribution in [2.45, 2.75) is 16.2 Å². The lowest BCUT2D eigenvalue weighted by Gasteiger charge is -2.11. The second-order valence-electron chi connectivity index (χ2n) is 6.22. The monoisotopic (exact) mass is 447 g/mol. The van der Waals surface area contributed by atoms with E-state index in [1.807, 2.05) is 30.3 Å². The average Bonchev–Trinajstić information content (AvgIpc) is 3.11. The van der Waals surface area contributed by atoms with Gasteiger partial charge in [0.2, 0.25) is 10.0 Å². The fourth-order valence-corrected chi connectivity index (χ4v) is 5.39. The molecular weight excluding hydrogens is 426 g/mol. The molecule has 0 aliphatic carbocycles. The zero-order valence-corrected chi connectivity index (χ0v) is 18.7. The number of rotatable bonds is 7. The number of thioether (sulfide) groups is 1. The number of hydrogen-bond acceptors (Lipinski definition) is 6. The quantitative estimate of drug-likeness (QED) is 0.542. The van der Waals surface area contributed by atoms with Gasteiger partial charge in [0.15, 0.2) is 4.34 Å². The number of sulfonamides is 1. The number of thiazole rings is 1. The fraction of sp³-hybridized carbons (Fsp3) is 0.200. The molecule has 0 bridgehead atoms. The topological polar surface area (TPSA) is 79.4 Å². The van der Waals surface area contributed by atoms with Crippen molar-refractivity contribution in [3.8, 4) is 11.3 Å². The third-order valence-electron chi connectivity index (χ3n) is 4.04. The molecule has 1 N–H and O–H groups in total. The number of hydrogen-bond donors (Lipinski definition) is 1. The first-order valence-corrected chi connectivity index (χ1v) is 12.1. The number of nitrogens with zero attached hydrogens (tertiary/aromatic N) is 2. The van der Waals surface area contributed by atoms with Crippen LogP contribution < -0.4 is 5.32 Å². The van der Waals surface area contributed by atoms with Crippen molar-refractivity contribution < 1.29 is 13.2 Å². The van der Waals surface area contributed by atoms with Gasteiger partial charge in [0.1, 0.15) is 10.7 Å². The minimum Gasteiger partial charge on any atom is -0.312 e. The van der Waals surface area contributed by atoms with E-state index >= 15 is 0 Å². The number of aromatic nitrogens is 1. The molecule has 0 saturated carbocycles. The molecule has 3 rings (SSSR count). The van der Waals surface area contributed by atoms with Gasteiger partial charge in [-0.3, -0.25) is 4.79 Å². The molecule has 0 atom stereocenters. The minimum absolute atomic E-state index is 0.142. The van der Waals surface area contributed by atoms with E-state index in [-0.39, 0.29) is 10.8 Å². The SMILES string of the molecule is CCSc1nc(-c2ccccc2)c(NC(=O)c2ccc(S(=O)(=O)N(C)C)cc2)s1. The first-order valence-electron chi connectivity index (χ1n) is 8.86. The maximum Gasteiger partial charge on any atom is 0.256 e. The van der Waals surface area contributed by atoms with Crippen LogP contribution in [-0.2, 0) is 10.0 Å². The normalized spacial score (nSPS) is 11.6. The van der Waals surface area contributed by atoms with Gasteiger partial charge in [0, 0.05) is 25.2 Å². The molecule has 29 heavy (non-hydrogen) atoms. The maximum atomic E-state index is 12.8. The molecule has 9 heteroatoms. The number of carbonyl (C=O) groups is 1. The molecule has 0 radical (unpaired) electrons. The lowest BCUT2D eigenvalue weighted by atomic mass is 10.1. The number of anilines is 1. The molecule has 0 aliphatic rings. The summed E-state index contributed by atoms with van der Waals surface area (Å²) in [6.45, 7) is 2.05. The molecule has 0 fully saturated rings. The molecule has 1 heterocycles. The molecule has 152 valence electrons. The van der Waals surface area contributed by atoms with Crippen LogP contribution in [0, 0.1) is 0 Å². The highest BCUT2D eigenvalue weighted by atomic mass is 32.2. The van der Waals surface area contributed by atoms with Crippen molar-refractivity contribution >= 4 is 44.0 Å². The summed E-state index contributed by atoms with van der Waals surface area (Å²) in [4.78, 5) is 17.6. The van der Waals surface area contributed by atoms with E-state index in [4.69, 9.17) is 0 Å². The summed E-state index contributed by atoms with van der Waals surface area (Å²) in [7, 11) is -0.595. The highest BCUT2D eigenvalue weighted by Gasteiger charge is 2.19. The lowest BCUT2D eigenvalue weighted by Crippen LogP contribution is -2.22. The van der Waals surface area contributed by atoms with Gasteiger partial charge >= 0.3 is 0 Å². The molecule has 1 aromatic heterocycles. The Bertz CT molecular complexity index is 1090. The number of benzene rings is 2. The van der Waals surface area contributed by atoms with E-state index in [2.05, 4.69) is 17.2 Å². The predicted octanol–water partition coefficient (Wildman–Crippen LogP) is 4.42. The van der Waals surface area contributed by atoms with Gasteiger partial charge in [-0.25, -0.2) is 17.7 Å². The van der Waals surface area contributed by atoms with Crippen molar-refractivity contribution in [3.63, 3.8) is 0 Å². The van der Waals surface area contributed by atoms with Crippen LogP contribution in [0.4, 0.5) is 5.00 Å². The van der Waals surface area contributed by atoms with Crippen molar-refractivity contribution in [2.24, 2.45) is 0 Å². The Morgan fingerprint density at radius 1 is 1.10 bits per heavy atom. The van der Waals surface area contributed by atoms with Crippen molar-refractivity contribution in [3.05, 3.63) is 60.2 Å². The Hall–Kier alpha value is -2.20. The van der Waals surface area contributed by atoms with Crippen molar-refractivity contribution in [2.75, 3.05) is 25.2 Å². The van der Waals surface area contributed by atoms with E-state index < -0.39 is 10.0 Å². The molecule has 0 spiro atoms. The Morgan fingerprint density at radius 2 is 1.76 bits per heavy atom. The summed E-state index contributed by atoms with van der Waals surface area (Å²) in [6.07, 6.45) is 0. The van der Waals surface area contributed by atoms with E-state index in [0.717, 1.165) is 25.7 Å². The zero-order valence-electron chi connectivity index (χ0n) is 16.2. The summed E-state index contributed by atoms with van der Waals surface area (Å²) in [5, 5.41) is 3.60. The number of carbonyl (C=O) groups excluding carboxylic acids is 1. The van der Waals surface area contributed by atoms with Gasteiger partial charge in [-0.2, -0.15) is 0 Å². The van der Waals surface area contributed by atoms with Gasteiger partial charge in [-0.1, -0.05) is 60.4 Å². The number of nitrogens with one attached hydrogen (secondary N) is 1. The lowest BCUT2D eigenvalue weighted by molar-refractivity contribution is 0.102. The van der Waals surface area contributed by atoms with Crippen LogP contribution in [0.5, 0.6) is 0 Å². The summed E-state index contributed by atoms with van der Waals surface area (Å²) in [5.74, 6) is 0.574. The Morgan fingerprint density at radius 3 is 2.34 bits per heavy atom. The smallest absolute Gasteiger partial charge is 0.256 e. The summed E-state index contributed by atoms with van der Waals surface area (Å²) in [6, 6.07) is 15.6. The van der Waals surface area contributed by atoms with E-state index in [9.17, 15) is 13.2 Å². The highest BCUT2D eigenvalue weighted by Crippen LogP contribution is 2.37. The summed E-state index contributed by atoms with van der Waals surface area (Å²) in [5.41, 5.74) is 2.03. The molecule has 0 saturated heterocycles. The van der Waals surface area contributed by atoms with E-state index in [0.29, 0.717) is 10.6 Å². The zero-order chi connectivity index (χ0) is 21.0. The Labute approximate surface area is 179 Å². The fourth-order valence-electron chi connectivity index (χ4n) is 2.53. The molecule has 1 amide bonds. The molecule has 6 nitrogen and oxygen atoms in total. The average molecular weight is 448 g/mol. The minimum atomic E-state index is -3.53. The van der Waals surface area contributed by atoms with Gasteiger partial charge < -0.3 is 5.32 Å². The molecule has 0 aliphatic heterocycles. The van der Waals surface area contributed by atoms with E-state index in [1.165, 1.54) is 49.7 Å². The van der Waals surface area contributed by atoms with Gasteiger partial charge in [-0.05, 0) is 30.0 Å². The maximum absolute atomic E-state index is 12.8. The van der Waals surface area contributed by atoms with Crippen LogP contribution in [0.25, 0.3) is 11.3 Å². The third kappa shape index (κ3) is 4.87. The molecule has 0 unspecified atom stereocenters. The Kier molecular flexibility index (Phi) is 6.74. The third-order valence-corrected chi connectivity index (χ3v) is 7.87. The molecule has 2 aromatic carbocycles. The van der Waals surface area contributed by atoms with Crippen LogP contribution in [0.3, 0.4) is 0 Å². The predicted molar refractivity (Wildman–Crippen MR) is 119 cm³/mol. The highest BCUT2D eigenvalue weighted by molar-refractivity contribution is 8.01.